The van der Waals surface area contributed by atoms with Gasteiger partial charge in [-0.2, -0.15) is 13.2 Å². The van der Waals surface area contributed by atoms with Gasteiger partial charge in [0.25, 0.3) is 0 Å². The smallest absolute Gasteiger partial charge is 0.366 e. The molecular formula is C10H13F3N2. The summed E-state index contributed by atoms with van der Waals surface area (Å²) in [5.41, 5.74) is 6.75. The van der Waals surface area contributed by atoms with E-state index in [0.29, 0.717) is 12.2 Å². The molecule has 0 amide bonds. The summed E-state index contributed by atoms with van der Waals surface area (Å²) >= 11 is 0. The van der Waals surface area contributed by atoms with Crippen molar-refractivity contribution >= 4 is 5.69 Å². The fourth-order valence-corrected chi connectivity index (χ4v) is 1.28. The summed E-state index contributed by atoms with van der Waals surface area (Å²) in [6.07, 6.45) is -4.19. The largest absolute Gasteiger partial charge is 0.405 e. The summed E-state index contributed by atoms with van der Waals surface area (Å²) < 4.78 is 36.3. The number of rotatable bonds is 3. The van der Waals surface area contributed by atoms with Crippen LogP contribution in [0.2, 0.25) is 0 Å². The molecule has 0 spiro atoms. The van der Waals surface area contributed by atoms with Gasteiger partial charge in [0.1, 0.15) is 6.54 Å². The summed E-state index contributed by atoms with van der Waals surface area (Å²) in [7, 11) is 1.41. The lowest BCUT2D eigenvalue weighted by Crippen LogP contribution is -2.30. The number of nitrogens with two attached hydrogens (primary N) is 1. The molecule has 0 aromatic heterocycles. The average Bonchev–Trinajstić information content (AvgIpc) is 2.15. The van der Waals surface area contributed by atoms with Crippen molar-refractivity contribution in [2.75, 3.05) is 18.5 Å². The normalized spacial score (nSPS) is 11.5. The second-order valence-electron chi connectivity index (χ2n) is 3.35. The summed E-state index contributed by atoms with van der Waals surface area (Å²) in [5, 5.41) is 0. The van der Waals surface area contributed by atoms with Crippen LogP contribution in [0, 0.1) is 0 Å². The van der Waals surface area contributed by atoms with Gasteiger partial charge in [0.2, 0.25) is 0 Å². The first-order chi connectivity index (χ1) is 6.92. The van der Waals surface area contributed by atoms with E-state index in [4.69, 9.17) is 5.73 Å². The van der Waals surface area contributed by atoms with Gasteiger partial charge in [-0.25, -0.2) is 0 Å². The Morgan fingerprint density at radius 2 is 2.00 bits per heavy atom. The van der Waals surface area contributed by atoms with E-state index in [9.17, 15) is 13.2 Å². The van der Waals surface area contributed by atoms with Crippen molar-refractivity contribution in [2.24, 2.45) is 5.73 Å². The Morgan fingerprint density at radius 3 is 2.53 bits per heavy atom. The van der Waals surface area contributed by atoms with Crippen molar-refractivity contribution in [3.63, 3.8) is 0 Å². The quantitative estimate of drug-likeness (QED) is 0.842. The summed E-state index contributed by atoms with van der Waals surface area (Å²) in [5.74, 6) is 0. The highest BCUT2D eigenvalue weighted by molar-refractivity contribution is 5.48. The number of anilines is 1. The molecule has 0 fully saturated rings. The van der Waals surface area contributed by atoms with Gasteiger partial charge in [-0.15, -0.1) is 0 Å². The molecule has 0 aliphatic rings. The third-order valence-corrected chi connectivity index (χ3v) is 2.00. The number of nitrogens with zero attached hydrogens (tertiary/aromatic N) is 1. The monoisotopic (exact) mass is 218 g/mol. The summed E-state index contributed by atoms with van der Waals surface area (Å²) in [6.45, 7) is -0.630. The molecule has 0 atom stereocenters. The maximum atomic E-state index is 12.1. The molecule has 2 nitrogen and oxygen atoms in total. The van der Waals surface area contributed by atoms with Crippen molar-refractivity contribution in [1.29, 1.82) is 0 Å². The highest BCUT2D eigenvalue weighted by atomic mass is 19.4. The Kier molecular flexibility index (Phi) is 3.57. The molecule has 0 aliphatic heterocycles. The number of alkyl halides is 3. The van der Waals surface area contributed by atoms with E-state index in [0.717, 1.165) is 10.5 Å². The van der Waals surface area contributed by atoms with Gasteiger partial charge in [-0.3, -0.25) is 0 Å². The fraction of sp³-hybridized carbons (Fsp3) is 0.400. The number of benzene rings is 1. The molecule has 0 aliphatic carbocycles. The molecular weight excluding hydrogens is 205 g/mol. The van der Waals surface area contributed by atoms with Crippen molar-refractivity contribution in [1.82, 2.24) is 0 Å². The number of halogens is 3. The molecule has 2 N–H and O–H groups in total. The summed E-state index contributed by atoms with van der Waals surface area (Å²) in [6, 6.07) is 6.77. The Morgan fingerprint density at radius 1 is 1.33 bits per heavy atom. The lowest BCUT2D eigenvalue weighted by molar-refractivity contribution is -0.119. The Labute approximate surface area is 86.5 Å². The highest BCUT2D eigenvalue weighted by Crippen LogP contribution is 2.21. The zero-order valence-corrected chi connectivity index (χ0v) is 8.38. The molecule has 1 rings (SSSR count). The minimum absolute atomic E-state index is 0.327. The van der Waals surface area contributed by atoms with Crippen LogP contribution in [0.15, 0.2) is 24.3 Å². The zero-order valence-electron chi connectivity index (χ0n) is 8.38. The van der Waals surface area contributed by atoms with Gasteiger partial charge >= 0.3 is 6.18 Å². The predicted molar refractivity (Wildman–Crippen MR) is 53.7 cm³/mol. The maximum absolute atomic E-state index is 12.1. The Bertz CT molecular complexity index is 323. The first-order valence-corrected chi connectivity index (χ1v) is 4.49. The van der Waals surface area contributed by atoms with Crippen LogP contribution in [-0.2, 0) is 6.54 Å². The second kappa shape index (κ2) is 4.53. The van der Waals surface area contributed by atoms with Crippen LogP contribution >= 0.6 is 0 Å². The zero-order chi connectivity index (χ0) is 11.5. The Hall–Kier alpha value is -1.23. The van der Waals surface area contributed by atoms with E-state index >= 15 is 0 Å². The van der Waals surface area contributed by atoms with Crippen LogP contribution in [0.5, 0.6) is 0 Å². The Balaban J connectivity index is 2.77. The van der Waals surface area contributed by atoms with Gasteiger partial charge in [0.05, 0.1) is 0 Å². The molecule has 0 saturated heterocycles. The molecule has 15 heavy (non-hydrogen) atoms. The van der Waals surface area contributed by atoms with Gasteiger partial charge in [0, 0.05) is 19.3 Å². The van der Waals surface area contributed by atoms with Gasteiger partial charge in [-0.1, -0.05) is 12.1 Å². The minimum atomic E-state index is -4.19. The molecule has 0 radical (unpaired) electrons. The highest BCUT2D eigenvalue weighted by Gasteiger charge is 2.29. The predicted octanol–water partition coefficient (Wildman–Crippen LogP) is 2.14. The number of hydrogen-bond acceptors (Lipinski definition) is 2. The van der Waals surface area contributed by atoms with E-state index in [1.807, 2.05) is 0 Å². The maximum Gasteiger partial charge on any atom is 0.405 e. The van der Waals surface area contributed by atoms with Gasteiger partial charge < -0.3 is 10.6 Å². The van der Waals surface area contributed by atoms with Crippen LogP contribution in [0.1, 0.15) is 5.56 Å². The fourth-order valence-electron chi connectivity index (χ4n) is 1.28. The van der Waals surface area contributed by atoms with Crippen LogP contribution in [-0.4, -0.2) is 19.8 Å². The van der Waals surface area contributed by atoms with E-state index in [2.05, 4.69) is 0 Å². The van der Waals surface area contributed by atoms with Crippen LogP contribution < -0.4 is 10.6 Å². The van der Waals surface area contributed by atoms with E-state index in [-0.39, 0.29) is 0 Å². The summed E-state index contributed by atoms with van der Waals surface area (Å²) in [4.78, 5) is 1.15. The first-order valence-electron chi connectivity index (χ1n) is 4.49. The first kappa shape index (κ1) is 11.8. The molecule has 0 heterocycles. The SMILES string of the molecule is CN(CC(F)(F)F)c1cccc(CN)c1. The van der Waals surface area contributed by atoms with E-state index < -0.39 is 12.7 Å². The van der Waals surface area contributed by atoms with Crippen molar-refractivity contribution < 1.29 is 13.2 Å². The van der Waals surface area contributed by atoms with Gasteiger partial charge in [-0.05, 0) is 17.7 Å². The average molecular weight is 218 g/mol. The van der Waals surface area contributed by atoms with Gasteiger partial charge in [0.15, 0.2) is 0 Å². The molecule has 0 saturated carbocycles. The second-order valence-corrected chi connectivity index (χ2v) is 3.35. The van der Waals surface area contributed by atoms with Crippen LogP contribution in [0.4, 0.5) is 18.9 Å². The standard InChI is InChI=1S/C10H13F3N2/c1-15(7-10(11,12)13)9-4-2-3-8(5-9)6-14/h2-5H,6-7,14H2,1H3. The lowest BCUT2D eigenvalue weighted by Gasteiger charge is -2.21. The number of hydrogen-bond donors (Lipinski definition) is 1. The molecule has 1 aromatic carbocycles. The van der Waals surface area contributed by atoms with Crippen molar-refractivity contribution in [3.05, 3.63) is 29.8 Å². The van der Waals surface area contributed by atoms with E-state index in [1.165, 1.54) is 7.05 Å². The molecule has 0 unspecified atom stereocenters. The molecule has 0 bridgehead atoms. The minimum Gasteiger partial charge on any atom is -0.366 e. The molecule has 1 aromatic rings. The van der Waals surface area contributed by atoms with Crippen LogP contribution in [0.3, 0.4) is 0 Å². The third-order valence-electron chi connectivity index (χ3n) is 2.00. The third kappa shape index (κ3) is 3.79. The molecule has 5 heteroatoms. The molecule has 84 valence electrons. The lowest BCUT2D eigenvalue weighted by atomic mass is 10.2. The van der Waals surface area contributed by atoms with Crippen molar-refractivity contribution in [2.45, 2.75) is 12.7 Å². The van der Waals surface area contributed by atoms with E-state index in [1.54, 1.807) is 24.3 Å². The topological polar surface area (TPSA) is 29.3 Å². The van der Waals surface area contributed by atoms with Crippen LogP contribution in [0.25, 0.3) is 0 Å². The van der Waals surface area contributed by atoms with Crippen molar-refractivity contribution in [3.8, 4) is 0 Å².